The molecular formula is C13H15N5S2. The Morgan fingerprint density at radius 3 is 3.05 bits per heavy atom. The number of rotatable bonds is 5. The van der Waals surface area contributed by atoms with E-state index < -0.39 is 0 Å². The van der Waals surface area contributed by atoms with Crippen molar-refractivity contribution in [3.05, 3.63) is 29.7 Å². The maximum Gasteiger partial charge on any atom is 0.170 e. The van der Waals surface area contributed by atoms with Crippen molar-refractivity contribution in [2.24, 2.45) is 0 Å². The van der Waals surface area contributed by atoms with Crippen LogP contribution in [0.5, 0.6) is 0 Å². The standard InChI is InChI=1S/C13H15N5S2/c1-3-4-14-10-7-18-6-5-15-11(18)12(17-10)20-13-16-9(2)8-19-13/h5-8,14H,3-4H2,1-2H3. The van der Waals surface area contributed by atoms with Crippen molar-refractivity contribution >= 4 is 34.6 Å². The molecule has 0 aliphatic rings. The van der Waals surface area contributed by atoms with Crippen LogP contribution >= 0.6 is 23.1 Å². The summed E-state index contributed by atoms with van der Waals surface area (Å²) in [6, 6.07) is 0. The Balaban J connectivity index is 1.96. The zero-order valence-corrected chi connectivity index (χ0v) is 13.0. The molecule has 0 amide bonds. The number of fused-ring (bicyclic) bond motifs is 1. The van der Waals surface area contributed by atoms with E-state index in [9.17, 15) is 0 Å². The zero-order chi connectivity index (χ0) is 13.9. The molecule has 3 aromatic heterocycles. The fourth-order valence-electron chi connectivity index (χ4n) is 1.77. The third kappa shape index (κ3) is 2.78. The van der Waals surface area contributed by atoms with Gasteiger partial charge < -0.3 is 9.72 Å². The van der Waals surface area contributed by atoms with Gasteiger partial charge in [0, 0.05) is 30.0 Å². The molecule has 0 aliphatic carbocycles. The Bertz CT molecular complexity index is 718. The fourth-order valence-corrected chi connectivity index (χ4v) is 3.61. The second-order valence-electron chi connectivity index (χ2n) is 4.37. The minimum Gasteiger partial charge on any atom is -0.369 e. The topological polar surface area (TPSA) is 55.1 Å². The molecule has 0 bridgehead atoms. The average Bonchev–Trinajstić information content (AvgIpc) is 3.05. The molecule has 0 saturated carbocycles. The molecule has 0 saturated heterocycles. The van der Waals surface area contributed by atoms with Crippen molar-refractivity contribution in [3.63, 3.8) is 0 Å². The van der Waals surface area contributed by atoms with Gasteiger partial charge in [-0.1, -0.05) is 6.92 Å². The number of imidazole rings is 1. The highest BCUT2D eigenvalue weighted by atomic mass is 32.2. The van der Waals surface area contributed by atoms with Gasteiger partial charge in [-0.2, -0.15) is 0 Å². The van der Waals surface area contributed by atoms with Gasteiger partial charge in [-0.25, -0.2) is 15.0 Å². The maximum atomic E-state index is 4.65. The maximum absolute atomic E-state index is 4.65. The number of hydrogen-bond donors (Lipinski definition) is 1. The van der Waals surface area contributed by atoms with Gasteiger partial charge in [-0.3, -0.25) is 0 Å². The Hall–Kier alpha value is -1.60. The number of aromatic nitrogens is 4. The van der Waals surface area contributed by atoms with Crippen molar-refractivity contribution in [3.8, 4) is 0 Å². The number of thiazole rings is 1. The van der Waals surface area contributed by atoms with Gasteiger partial charge in [0.05, 0.1) is 6.20 Å². The quantitative estimate of drug-likeness (QED) is 0.782. The van der Waals surface area contributed by atoms with Crippen LogP contribution in [0.15, 0.2) is 33.3 Å². The van der Waals surface area contributed by atoms with E-state index >= 15 is 0 Å². The molecule has 3 rings (SSSR count). The smallest absolute Gasteiger partial charge is 0.170 e. The first-order chi connectivity index (χ1) is 9.76. The first-order valence-electron chi connectivity index (χ1n) is 6.44. The van der Waals surface area contributed by atoms with Crippen LogP contribution in [0.2, 0.25) is 0 Å². The van der Waals surface area contributed by atoms with Gasteiger partial charge in [0.15, 0.2) is 9.99 Å². The average molecular weight is 305 g/mol. The highest BCUT2D eigenvalue weighted by Gasteiger charge is 2.11. The van der Waals surface area contributed by atoms with E-state index in [4.69, 9.17) is 0 Å². The van der Waals surface area contributed by atoms with E-state index in [1.807, 2.05) is 29.1 Å². The molecule has 20 heavy (non-hydrogen) atoms. The lowest BCUT2D eigenvalue weighted by Crippen LogP contribution is -2.04. The highest BCUT2D eigenvalue weighted by Crippen LogP contribution is 2.31. The van der Waals surface area contributed by atoms with Crippen molar-refractivity contribution in [1.29, 1.82) is 0 Å². The third-order valence-electron chi connectivity index (χ3n) is 2.68. The van der Waals surface area contributed by atoms with Crippen LogP contribution in [-0.2, 0) is 0 Å². The number of nitrogens with one attached hydrogen (secondary N) is 1. The predicted octanol–water partition coefficient (Wildman–Crippen LogP) is 3.47. The molecule has 0 atom stereocenters. The molecule has 0 radical (unpaired) electrons. The summed E-state index contributed by atoms with van der Waals surface area (Å²) in [5.74, 6) is 0.869. The molecule has 0 unspecified atom stereocenters. The van der Waals surface area contributed by atoms with E-state index in [2.05, 4.69) is 27.2 Å². The molecule has 3 heterocycles. The van der Waals surface area contributed by atoms with E-state index in [1.54, 1.807) is 29.3 Å². The van der Waals surface area contributed by atoms with E-state index in [-0.39, 0.29) is 0 Å². The van der Waals surface area contributed by atoms with Crippen LogP contribution < -0.4 is 5.32 Å². The summed E-state index contributed by atoms with van der Waals surface area (Å²) in [5.41, 5.74) is 1.90. The highest BCUT2D eigenvalue weighted by molar-refractivity contribution is 8.01. The molecule has 0 spiro atoms. The van der Waals surface area contributed by atoms with Crippen molar-refractivity contribution < 1.29 is 0 Å². The van der Waals surface area contributed by atoms with Gasteiger partial charge in [0.25, 0.3) is 0 Å². The Morgan fingerprint density at radius 1 is 1.40 bits per heavy atom. The van der Waals surface area contributed by atoms with Crippen molar-refractivity contribution in [2.45, 2.75) is 29.6 Å². The Morgan fingerprint density at radius 2 is 2.30 bits per heavy atom. The number of nitrogens with zero attached hydrogens (tertiary/aromatic N) is 4. The fraction of sp³-hybridized carbons (Fsp3) is 0.308. The largest absolute Gasteiger partial charge is 0.369 e. The monoisotopic (exact) mass is 305 g/mol. The van der Waals surface area contributed by atoms with Crippen molar-refractivity contribution in [2.75, 3.05) is 11.9 Å². The summed E-state index contributed by atoms with van der Waals surface area (Å²) < 4.78 is 2.99. The molecule has 0 aliphatic heterocycles. The summed E-state index contributed by atoms with van der Waals surface area (Å²) in [7, 11) is 0. The first-order valence-corrected chi connectivity index (χ1v) is 8.13. The molecular weight excluding hydrogens is 290 g/mol. The van der Waals surface area contributed by atoms with E-state index in [1.165, 1.54) is 0 Å². The van der Waals surface area contributed by atoms with Crippen LogP contribution in [-0.4, -0.2) is 25.9 Å². The molecule has 3 aromatic rings. The molecule has 0 fully saturated rings. The summed E-state index contributed by atoms with van der Waals surface area (Å²) in [5, 5.41) is 6.24. The van der Waals surface area contributed by atoms with Crippen LogP contribution in [0, 0.1) is 6.92 Å². The van der Waals surface area contributed by atoms with Crippen LogP contribution in [0.4, 0.5) is 5.82 Å². The lowest BCUT2D eigenvalue weighted by molar-refractivity contribution is 0.944. The Labute approximate surface area is 125 Å². The minimum atomic E-state index is 0.866. The van der Waals surface area contributed by atoms with Gasteiger partial charge in [0.2, 0.25) is 0 Å². The molecule has 5 nitrogen and oxygen atoms in total. The Kier molecular flexibility index (Phi) is 3.88. The SMILES string of the molecule is CCCNc1cn2ccnc2c(Sc2nc(C)cs2)n1. The number of anilines is 1. The van der Waals surface area contributed by atoms with E-state index in [0.29, 0.717) is 0 Å². The third-order valence-corrected chi connectivity index (χ3v) is 4.71. The molecule has 7 heteroatoms. The lowest BCUT2D eigenvalue weighted by Gasteiger charge is -2.07. The first kappa shape index (κ1) is 13.4. The van der Waals surface area contributed by atoms with Crippen LogP contribution in [0.1, 0.15) is 19.0 Å². The number of hydrogen-bond acceptors (Lipinski definition) is 6. The van der Waals surface area contributed by atoms with Crippen LogP contribution in [0.3, 0.4) is 0 Å². The second kappa shape index (κ2) is 5.80. The lowest BCUT2D eigenvalue weighted by atomic mass is 10.5. The molecule has 0 aromatic carbocycles. The summed E-state index contributed by atoms with van der Waals surface area (Å²) in [6.45, 7) is 5.04. The van der Waals surface area contributed by atoms with Gasteiger partial charge in [-0.15, -0.1) is 11.3 Å². The van der Waals surface area contributed by atoms with Crippen molar-refractivity contribution in [1.82, 2.24) is 19.4 Å². The number of aryl methyl sites for hydroxylation is 1. The van der Waals surface area contributed by atoms with E-state index in [0.717, 1.165) is 39.5 Å². The van der Waals surface area contributed by atoms with Gasteiger partial charge >= 0.3 is 0 Å². The van der Waals surface area contributed by atoms with Gasteiger partial charge in [0.1, 0.15) is 10.8 Å². The van der Waals surface area contributed by atoms with Crippen LogP contribution in [0.25, 0.3) is 5.65 Å². The second-order valence-corrected chi connectivity index (χ2v) is 6.47. The van der Waals surface area contributed by atoms with Gasteiger partial charge in [-0.05, 0) is 25.1 Å². The predicted molar refractivity (Wildman–Crippen MR) is 82.7 cm³/mol. The summed E-state index contributed by atoms with van der Waals surface area (Å²) >= 11 is 3.20. The molecule has 104 valence electrons. The molecule has 1 N–H and O–H groups in total. The summed E-state index contributed by atoms with van der Waals surface area (Å²) in [6.07, 6.45) is 6.76. The normalized spacial score (nSPS) is 11.1. The minimum absolute atomic E-state index is 0.866. The summed E-state index contributed by atoms with van der Waals surface area (Å²) in [4.78, 5) is 13.5. The zero-order valence-electron chi connectivity index (χ0n) is 11.3.